The van der Waals surface area contributed by atoms with Gasteiger partial charge in [-0.25, -0.2) is 5.06 Å². The molecule has 2 heterocycles. The highest BCUT2D eigenvalue weighted by molar-refractivity contribution is 9.10. The van der Waals surface area contributed by atoms with Crippen LogP contribution >= 0.6 is 27.5 Å². The van der Waals surface area contributed by atoms with Crippen molar-refractivity contribution in [2.45, 2.75) is 25.0 Å². The van der Waals surface area contributed by atoms with E-state index in [2.05, 4.69) is 63.5 Å². The van der Waals surface area contributed by atoms with Gasteiger partial charge in [-0.2, -0.15) is 0 Å². The number of nitrogens with zero attached hydrogens (tertiary/aromatic N) is 1. The van der Waals surface area contributed by atoms with E-state index >= 15 is 0 Å². The Bertz CT molecular complexity index is 940. The van der Waals surface area contributed by atoms with E-state index in [4.69, 9.17) is 16.4 Å². The fraction of sp³-hybridized carbons (Fsp3) is 0.200. The fourth-order valence-corrected chi connectivity index (χ4v) is 4.69. The third-order valence-electron chi connectivity index (χ3n) is 5.00. The quantitative estimate of drug-likeness (QED) is 0.492. The number of rotatable bonds is 1. The lowest BCUT2D eigenvalue weighted by molar-refractivity contribution is 0.0741. The Labute approximate surface area is 154 Å². The summed E-state index contributed by atoms with van der Waals surface area (Å²) in [6.45, 7) is 0. The van der Waals surface area contributed by atoms with E-state index in [0.717, 1.165) is 22.3 Å². The molecule has 0 N–H and O–H groups in total. The summed E-state index contributed by atoms with van der Waals surface area (Å²) in [6.07, 6.45) is 2.20. The van der Waals surface area contributed by atoms with Crippen molar-refractivity contribution in [2.75, 3.05) is 5.06 Å². The van der Waals surface area contributed by atoms with Crippen LogP contribution in [0.5, 0.6) is 0 Å². The van der Waals surface area contributed by atoms with Crippen LogP contribution in [-0.4, -0.2) is 6.10 Å². The number of hydrogen-bond donors (Lipinski definition) is 0. The van der Waals surface area contributed by atoms with E-state index in [-0.39, 0.29) is 12.1 Å². The summed E-state index contributed by atoms with van der Waals surface area (Å²) in [4.78, 5) is 6.25. The first-order chi connectivity index (χ1) is 11.7. The van der Waals surface area contributed by atoms with Gasteiger partial charge in [0.05, 0.1) is 17.8 Å². The summed E-state index contributed by atoms with van der Waals surface area (Å²) in [5, 5.41) is 5.35. The summed E-state index contributed by atoms with van der Waals surface area (Å²) in [5.41, 5.74) is 3.82. The predicted octanol–water partition coefficient (Wildman–Crippen LogP) is 6.06. The van der Waals surface area contributed by atoms with Gasteiger partial charge in [0, 0.05) is 27.7 Å². The van der Waals surface area contributed by atoms with Crippen molar-refractivity contribution in [3.63, 3.8) is 0 Å². The van der Waals surface area contributed by atoms with Gasteiger partial charge < -0.3 is 0 Å². The topological polar surface area (TPSA) is 12.5 Å². The lowest BCUT2D eigenvalue weighted by atomic mass is 9.99. The second-order valence-electron chi connectivity index (χ2n) is 6.47. The number of benzene rings is 3. The molecule has 0 radical (unpaired) electrons. The largest absolute Gasteiger partial charge is 0.269 e. The zero-order chi connectivity index (χ0) is 16.3. The Morgan fingerprint density at radius 1 is 1.04 bits per heavy atom. The van der Waals surface area contributed by atoms with Crippen molar-refractivity contribution >= 4 is 44.0 Å². The van der Waals surface area contributed by atoms with Crippen LogP contribution in [0.1, 0.15) is 23.6 Å². The molecule has 0 saturated carbocycles. The van der Waals surface area contributed by atoms with Gasteiger partial charge in [0.1, 0.15) is 0 Å². The fourth-order valence-electron chi connectivity index (χ4n) is 3.94. The Morgan fingerprint density at radius 3 is 2.58 bits per heavy atom. The molecule has 0 spiro atoms. The average molecular weight is 401 g/mol. The van der Waals surface area contributed by atoms with E-state index in [0.29, 0.717) is 0 Å². The molecule has 2 unspecified atom stereocenters. The summed E-state index contributed by atoms with van der Waals surface area (Å²) in [5.74, 6) is 0. The van der Waals surface area contributed by atoms with Gasteiger partial charge in [-0.05, 0) is 34.7 Å². The van der Waals surface area contributed by atoms with Crippen LogP contribution in [0.25, 0.3) is 10.8 Å². The third kappa shape index (κ3) is 2.19. The number of hydrogen-bond acceptors (Lipinski definition) is 2. The van der Waals surface area contributed by atoms with E-state index < -0.39 is 0 Å². The summed E-state index contributed by atoms with van der Waals surface area (Å²) < 4.78 is 1.15. The second kappa shape index (κ2) is 5.48. The smallest absolute Gasteiger partial charge is 0.0921 e. The Morgan fingerprint density at radius 2 is 1.79 bits per heavy atom. The molecule has 2 aliphatic heterocycles. The van der Waals surface area contributed by atoms with Crippen LogP contribution in [0.3, 0.4) is 0 Å². The van der Waals surface area contributed by atoms with E-state index in [1.807, 2.05) is 12.1 Å². The van der Waals surface area contributed by atoms with Gasteiger partial charge in [0.15, 0.2) is 0 Å². The second-order valence-corrected chi connectivity index (χ2v) is 7.76. The molecule has 3 aromatic carbocycles. The molecule has 2 atom stereocenters. The van der Waals surface area contributed by atoms with Crippen molar-refractivity contribution in [3.05, 3.63) is 75.2 Å². The van der Waals surface area contributed by atoms with Crippen LogP contribution in [0, 0.1) is 0 Å². The molecule has 2 bridgehead atoms. The number of fused-ring (bicyclic) bond motifs is 6. The Hall–Kier alpha value is -1.55. The third-order valence-corrected chi connectivity index (χ3v) is 5.91. The number of halogens is 2. The number of hydroxylamine groups is 1. The molecular formula is C20H15BrClNO. The SMILES string of the molecule is Clc1ccc(C2CC3Cc4cc(Br)c5ccccc5c4N2O3)cc1. The normalized spacial score (nSPS) is 22.0. The Kier molecular flexibility index (Phi) is 3.37. The van der Waals surface area contributed by atoms with Gasteiger partial charge >= 0.3 is 0 Å². The molecular weight excluding hydrogens is 386 g/mol. The van der Waals surface area contributed by atoms with Crippen LogP contribution in [0.4, 0.5) is 5.69 Å². The Balaban J connectivity index is 1.70. The average Bonchev–Trinajstić information content (AvgIpc) is 2.93. The standard InChI is InChI=1S/C20H15BrClNO/c21-18-10-13-9-15-11-19(12-5-7-14(22)8-6-12)23(24-15)20(13)17-4-2-1-3-16(17)18/h1-8,10,15,19H,9,11H2. The predicted molar refractivity (Wildman–Crippen MR) is 102 cm³/mol. The van der Waals surface area contributed by atoms with Crippen molar-refractivity contribution in [3.8, 4) is 0 Å². The van der Waals surface area contributed by atoms with E-state index in [1.54, 1.807) is 0 Å². The monoisotopic (exact) mass is 399 g/mol. The molecule has 0 amide bonds. The van der Waals surface area contributed by atoms with Crippen LogP contribution in [0.2, 0.25) is 5.02 Å². The van der Waals surface area contributed by atoms with Crippen molar-refractivity contribution in [1.29, 1.82) is 0 Å². The molecule has 24 heavy (non-hydrogen) atoms. The molecule has 3 aromatic rings. The van der Waals surface area contributed by atoms with Gasteiger partial charge in [-0.1, -0.05) is 63.9 Å². The molecule has 4 heteroatoms. The maximum atomic E-state index is 6.25. The summed E-state index contributed by atoms with van der Waals surface area (Å²) in [7, 11) is 0. The summed E-state index contributed by atoms with van der Waals surface area (Å²) >= 11 is 9.79. The minimum absolute atomic E-state index is 0.234. The van der Waals surface area contributed by atoms with Gasteiger partial charge in [0.2, 0.25) is 0 Å². The molecule has 1 saturated heterocycles. The van der Waals surface area contributed by atoms with E-state index in [9.17, 15) is 0 Å². The molecule has 120 valence electrons. The van der Waals surface area contributed by atoms with Crippen molar-refractivity contribution in [2.24, 2.45) is 0 Å². The zero-order valence-electron chi connectivity index (χ0n) is 12.9. The van der Waals surface area contributed by atoms with Crippen LogP contribution in [-0.2, 0) is 11.3 Å². The van der Waals surface area contributed by atoms with Gasteiger partial charge in [-0.3, -0.25) is 4.84 Å². The molecule has 0 aliphatic carbocycles. The molecule has 2 nitrogen and oxygen atoms in total. The van der Waals surface area contributed by atoms with Gasteiger partial charge in [-0.15, -0.1) is 0 Å². The molecule has 2 aliphatic rings. The first kappa shape index (κ1) is 14.8. The first-order valence-corrected chi connectivity index (χ1v) is 9.29. The molecule has 1 fully saturated rings. The van der Waals surface area contributed by atoms with Crippen molar-refractivity contribution in [1.82, 2.24) is 0 Å². The maximum Gasteiger partial charge on any atom is 0.0921 e. The summed E-state index contributed by atoms with van der Waals surface area (Å²) in [6, 6.07) is 19.1. The maximum absolute atomic E-state index is 6.25. The highest BCUT2D eigenvalue weighted by Crippen LogP contribution is 2.49. The van der Waals surface area contributed by atoms with E-state index in [1.165, 1.54) is 27.6 Å². The highest BCUT2D eigenvalue weighted by Gasteiger charge is 2.41. The van der Waals surface area contributed by atoms with Gasteiger partial charge in [0.25, 0.3) is 0 Å². The number of anilines is 1. The first-order valence-electron chi connectivity index (χ1n) is 8.12. The minimum atomic E-state index is 0.234. The lowest BCUT2D eigenvalue weighted by Gasteiger charge is -2.31. The molecule has 0 aromatic heterocycles. The zero-order valence-corrected chi connectivity index (χ0v) is 15.2. The van der Waals surface area contributed by atoms with Crippen molar-refractivity contribution < 1.29 is 4.84 Å². The van der Waals surface area contributed by atoms with Crippen LogP contribution in [0.15, 0.2) is 59.1 Å². The van der Waals surface area contributed by atoms with Crippen LogP contribution < -0.4 is 5.06 Å². The lowest BCUT2D eigenvalue weighted by Crippen LogP contribution is -2.27. The minimum Gasteiger partial charge on any atom is -0.269 e. The molecule has 5 rings (SSSR count). The highest BCUT2D eigenvalue weighted by atomic mass is 79.9.